The van der Waals surface area contributed by atoms with Gasteiger partial charge in [-0.05, 0) is 30.3 Å². The van der Waals surface area contributed by atoms with E-state index >= 15 is 0 Å². The highest BCUT2D eigenvalue weighted by atomic mass is 19.1. The average Bonchev–Trinajstić information content (AvgIpc) is 2.60. The van der Waals surface area contributed by atoms with Crippen molar-refractivity contribution in [1.29, 1.82) is 0 Å². The number of aromatic nitrogens is 1. The van der Waals surface area contributed by atoms with Gasteiger partial charge in [0.1, 0.15) is 17.5 Å². The van der Waals surface area contributed by atoms with E-state index in [2.05, 4.69) is 15.6 Å². The van der Waals surface area contributed by atoms with E-state index in [0.29, 0.717) is 5.69 Å². The lowest BCUT2D eigenvalue weighted by Crippen LogP contribution is -2.13. The van der Waals surface area contributed by atoms with Gasteiger partial charge in [-0.2, -0.15) is 0 Å². The zero-order chi connectivity index (χ0) is 17.8. The number of nitrogens with zero attached hydrogens (tertiary/aromatic N) is 1. The highest BCUT2D eigenvalue weighted by Gasteiger charge is 2.11. The Morgan fingerprint density at radius 1 is 0.880 bits per heavy atom. The molecule has 126 valence electrons. The van der Waals surface area contributed by atoms with Gasteiger partial charge in [0.15, 0.2) is 0 Å². The Labute approximate surface area is 141 Å². The van der Waals surface area contributed by atoms with Crippen LogP contribution < -0.4 is 10.6 Å². The Morgan fingerprint density at radius 3 is 2.44 bits per heavy atom. The van der Waals surface area contributed by atoms with E-state index in [9.17, 15) is 18.0 Å². The van der Waals surface area contributed by atoms with Gasteiger partial charge in [0, 0.05) is 12.3 Å². The van der Waals surface area contributed by atoms with Crippen LogP contribution in [-0.4, -0.2) is 10.9 Å². The van der Waals surface area contributed by atoms with E-state index in [4.69, 9.17) is 0 Å². The fourth-order valence-electron chi connectivity index (χ4n) is 2.14. The number of carbonyl (C=O) groups excluding carboxylic acids is 1. The monoisotopic (exact) mass is 343 g/mol. The molecule has 2 aromatic carbocycles. The standard InChI is InChI=1S/C18H12F3N3O/c19-12-5-6-17(15(21)8-12)23-13-7-11(9-22-10-13)18(25)24-16-4-2-1-3-14(16)20/h1-10,23H,(H,24,25). The van der Waals surface area contributed by atoms with Crippen LogP contribution in [0, 0.1) is 17.5 Å². The van der Waals surface area contributed by atoms with Crippen molar-refractivity contribution in [2.75, 3.05) is 10.6 Å². The molecule has 0 spiro atoms. The maximum Gasteiger partial charge on any atom is 0.257 e. The Morgan fingerprint density at radius 2 is 1.68 bits per heavy atom. The summed E-state index contributed by atoms with van der Waals surface area (Å²) in [5.74, 6) is -2.60. The number of halogens is 3. The normalized spacial score (nSPS) is 10.4. The number of nitrogens with one attached hydrogen (secondary N) is 2. The molecule has 1 aromatic heterocycles. The van der Waals surface area contributed by atoms with Crippen molar-refractivity contribution < 1.29 is 18.0 Å². The van der Waals surface area contributed by atoms with E-state index in [1.165, 1.54) is 42.7 Å². The summed E-state index contributed by atoms with van der Waals surface area (Å²) in [4.78, 5) is 16.1. The zero-order valence-electron chi connectivity index (χ0n) is 12.8. The summed E-state index contributed by atoms with van der Waals surface area (Å²) < 4.78 is 40.2. The Balaban J connectivity index is 1.79. The van der Waals surface area contributed by atoms with Crippen LogP contribution in [0.1, 0.15) is 10.4 Å². The molecule has 0 saturated heterocycles. The summed E-state index contributed by atoms with van der Waals surface area (Å²) in [6.07, 6.45) is 2.67. The van der Waals surface area contributed by atoms with Gasteiger partial charge in [0.25, 0.3) is 5.91 Å². The van der Waals surface area contributed by atoms with Crippen LogP contribution in [0.15, 0.2) is 60.9 Å². The summed E-state index contributed by atoms with van der Waals surface area (Å²) in [6.45, 7) is 0. The minimum absolute atomic E-state index is 0.0369. The van der Waals surface area contributed by atoms with Gasteiger partial charge in [-0.25, -0.2) is 13.2 Å². The molecule has 0 fully saturated rings. The number of carbonyl (C=O) groups is 1. The summed E-state index contributed by atoms with van der Waals surface area (Å²) in [5.41, 5.74) is 0.549. The molecule has 0 bridgehead atoms. The first-order chi connectivity index (χ1) is 12.0. The van der Waals surface area contributed by atoms with Crippen molar-refractivity contribution in [1.82, 2.24) is 4.98 Å². The molecule has 1 amide bonds. The molecular formula is C18H12F3N3O. The summed E-state index contributed by atoms with van der Waals surface area (Å²) in [5, 5.41) is 5.14. The first-order valence-corrected chi connectivity index (χ1v) is 7.26. The fourth-order valence-corrected chi connectivity index (χ4v) is 2.14. The Kier molecular flexibility index (Phi) is 4.65. The van der Waals surface area contributed by atoms with E-state index < -0.39 is 23.4 Å². The van der Waals surface area contributed by atoms with Gasteiger partial charge >= 0.3 is 0 Å². The second-order valence-electron chi connectivity index (χ2n) is 5.15. The van der Waals surface area contributed by atoms with Crippen LogP contribution in [0.3, 0.4) is 0 Å². The first-order valence-electron chi connectivity index (χ1n) is 7.26. The van der Waals surface area contributed by atoms with Crippen molar-refractivity contribution in [2.24, 2.45) is 0 Å². The summed E-state index contributed by atoms with van der Waals surface area (Å²) in [6, 6.07) is 10.3. The highest BCUT2D eigenvalue weighted by Crippen LogP contribution is 2.21. The van der Waals surface area contributed by atoms with E-state index in [1.54, 1.807) is 6.07 Å². The number of hydrogen-bond donors (Lipinski definition) is 2. The number of amides is 1. The van der Waals surface area contributed by atoms with Crippen LogP contribution in [0.5, 0.6) is 0 Å². The maximum absolute atomic E-state index is 13.7. The lowest BCUT2D eigenvalue weighted by molar-refractivity contribution is 0.102. The highest BCUT2D eigenvalue weighted by molar-refractivity contribution is 6.04. The molecule has 0 aliphatic rings. The SMILES string of the molecule is O=C(Nc1ccccc1F)c1cncc(Nc2ccc(F)cc2F)c1. The largest absolute Gasteiger partial charge is 0.352 e. The van der Waals surface area contributed by atoms with Gasteiger partial charge in [-0.15, -0.1) is 0 Å². The molecule has 0 aliphatic carbocycles. The maximum atomic E-state index is 13.7. The quantitative estimate of drug-likeness (QED) is 0.734. The number of rotatable bonds is 4. The number of hydrogen-bond acceptors (Lipinski definition) is 3. The summed E-state index contributed by atoms with van der Waals surface area (Å²) in [7, 11) is 0. The third-order valence-corrected chi connectivity index (χ3v) is 3.33. The number of pyridine rings is 1. The van der Waals surface area contributed by atoms with Crippen molar-refractivity contribution in [2.45, 2.75) is 0 Å². The second-order valence-corrected chi connectivity index (χ2v) is 5.15. The van der Waals surface area contributed by atoms with Crippen LogP contribution >= 0.6 is 0 Å². The predicted molar refractivity (Wildman–Crippen MR) is 88.2 cm³/mol. The van der Waals surface area contributed by atoms with Crippen LogP contribution in [0.4, 0.5) is 30.2 Å². The van der Waals surface area contributed by atoms with Crippen LogP contribution in [-0.2, 0) is 0 Å². The lowest BCUT2D eigenvalue weighted by Gasteiger charge is -2.10. The van der Waals surface area contributed by atoms with Crippen molar-refractivity contribution >= 4 is 23.0 Å². The Bertz CT molecular complexity index is 931. The average molecular weight is 343 g/mol. The van der Waals surface area contributed by atoms with E-state index in [-0.39, 0.29) is 16.9 Å². The molecule has 3 aromatic rings. The van der Waals surface area contributed by atoms with E-state index in [1.807, 2.05) is 0 Å². The van der Waals surface area contributed by atoms with Gasteiger partial charge in [0.05, 0.1) is 28.8 Å². The number of benzene rings is 2. The first kappa shape index (κ1) is 16.5. The molecule has 3 rings (SSSR count). The van der Waals surface area contributed by atoms with Gasteiger partial charge < -0.3 is 10.6 Å². The Hall–Kier alpha value is -3.35. The molecule has 0 aliphatic heterocycles. The third-order valence-electron chi connectivity index (χ3n) is 3.33. The lowest BCUT2D eigenvalue weighted by atomic mass is 10.2. The summed E-state index contributed by atoms with van der Waals surface area (Å²) >= 11 is 0. The molecule has 0 unspecified atom stereocenters. The third kappa shape index (κ3) is 3.95. The van der Waals surface area contributed by atoms with Crippen molar-refractivity contribution in [3.63, 3.8) is 0 Å². The molecule has 0 radical (unpaired) electrons. The molecule has 2 N–H and O–H groups in total. The molecule has 0 saturated carbocycles. The molecule has 7 heteroatoms. The molecule has 25 heavy (non-hydrogen) atoms. The van der Waals surface area contributed by atoms with Crippen LogP contribution in [0.2, 0.25) is 0 Å². The molecule has 0 atom stereocenters. The topological polar surface area (TPSA) is 54.0 Å². The zero-order valence-corrected chi connectivity index (χ0v) is 12.8. The van der Waals surface area contributed by atoms with Gasteiger partial charge in [-0.1, -0.05) is 12.1 Å². The number of anilines is 3. The number of para-hydroxylation sites is 1. The molecule has 4 nitrogen and oxygen atoms in total. The fraction of sp³-hybridized carbons (Fsp3) is 0. The van der Waals surface area contributed by atoms with Crippen molar-refractivity contribution in [3.05, 3.63) is 83.9 Å². The molecular weight excluding hydrogens is 331 g/mol. The van der Waals surface area contributed by atoms with Gasteiger partial charge in [-0.3, -0.25) is 9.78 Å². The minimum atomic E-state index is -0.777. The predicted octanol–water partition coefficient (Wildman–Crippen LogP) is 4.49. The minimum Gasteiger partial charge on any atom is -0.352 e. The van der Waals surface area contributed by atoms with Crippen molar-refractivity contribution in [3.8, 4) is 0 Å². The van der Waals surface area contributed by atoms with Crippen LogP contribution in [0.25, 0.3) is 0 Å². The second kappa shape index (κ2) is 7.04. The smallest absolute Gasteiger partial charge is 0.257 e. The molecule has 1 heterocycles. The van der Waals surface area contributed by atoms with Gasteiger partial charge in [0.2, 0.25) is 0 Å². The van der Waals surface area contributed by atoms with E-state index in [0.717, 1.165) is 12.1 Å².